The summed E-state index contributed by atoms with van der Waals surface area (Å²) in [5.74, 6) is 1.56. The zero-order valence-electron chi connectivity index (χ0n) is 10.3. The molecular formula is C12H28N2. The van der Waals surface area contributed by atoms with Crippen molar-refractivity contribution in [3.05, 3.63) is 0 Å². The van der Waals surface area contributed by atoms with Crippen LogP contribution >= 0.6 is 0 Å². The van der Waals surface area contributed by atoms with Crippen molar-refractivity contribution in [3.63, 3.8) is 0 Å². The van der Waals surface area contributed by atoms with Crippen molar-refractivity contribution >= 4 is 0 Å². The summed E-state index contributed by atoms with van der Waals surface area (Å²) in [5.41, 5.74) is 5.98. The smallest absolute Gasteiger partial charge is 0.0165 e. The average Bonchev–Trinajstić information content (AvgIpc) is 2.08. The van der Waals surface area contributed by atoms with Crippen molar-refractivity contribution in [2.45, 2.75) is 53.0 Å². The van der Waals surface area contributed by atoms with Gasteiger partial charge in [-0.3, -0.25) is 0 Å². The molecular weight excluding hydrogens is 172 g/mol. The van der Waals surface area contributed by atoms with E-state index in [1.807, 2.05) is 0 Å². The van der Waals surface area contributed by atoms with E-state index in [0.29, 0.717) is 6.04 Å². The van der Waals surface area contributed by atoms with E-state index in [4.69, 9.17) is 5.73 Å². The van der Waals surface area contributed by atoms with Crippen LogP contribution in [0.3, 0.4) is 0 Å². The van der Waals surface area contributed by atoms with Gasteiger partial charge in [-0.25, -0.2) is 0 Å². The lowest BCUT2D eigenvalue weighted by atomic mass is 10.0. The third kappa shape index (κ3) is 10.0. The number of hydrogen-bond donors (Lipinski definition) is 2. The van der Waals surface area contributed by atoms with Gasteiger partial charge in [-0.1, -0.05) is 27.7 Å². The summed E-state index contributed by atoms with van der Waals surface area (Å²) in [6.07, 6.45) is 3.64. The monoisotopic (exact) mass is 200 g/mol. The van der Waals surface area contributed by atoms with Crippen LogP contribution in [0.2, 0.25) is 0 Å². The summed E-state index contributed by atoms with van der Waals surface area (Å²) in [7, 11) is 0. The molecule has 0 aliphatic carbocycles. The Balaban J connectivity index is 3.22. The highest BCUT2D eigenvalue weighted by Crippen LogP contribution is 2.05. The molecule has 0 amide bonds. The van der Waals surface area contributed by atoms with Crippen LogP contribution in [0.1, 0.15) is 47.0 Å². The highest BCUT2D eigenvalue weighted by atomic mass is 14.9. The molecule has 86 valence electrons. The van der Waals surface area contributed by atoms with Crippen LogP contribution in [-0.4, -0.2) is 19.1 Å². The first-order chi connectivity index (χ1) is 6.52. The quantitative estimate of drug-likeness (QED) is 0.590. The molecule has 0 aliphatic rings. The molecule has 2 heteroatoms. The van der Waals surface area contributed by atoms with Gasteiger partial charge in [0, 0.05) is 12.6 Å². The molecule has 0 saturated heterocycles. The minimum atomic E-state index is 0.338. The molecule has 0 heterocycles. The van der Waals surface area contributed by atoms with Gasteiger partial charge in [0.05, 0.1) is 0 Å². The van der Waals surface area contributed by atoms with Gasteiger partial charge in [0.15, 0.2) is 0 Å². The first-order valence-corrected chi connectivity index (χ1v) is 5.98. The summed E-state index contributed by atoms with van der Waals surface area (Å²) in [4.78, 5) is 0. The van der Waals surface area contributed by atoms with Gasteiger partial charge < -0.3 is 11.1 Å². The zero-order valence-corrected chi connectivity index (χ0v) is 10.3. The van der Waals surface area contributed by atoms with Crippen LogP contribution in [0.4, 0.5) is 0 Å². The van der Waals surface area contributed by atoms with Crippen molar-refractivity contribution < 1.29 is 0 Å². The van der Waals surface area contributed by atoms with Crippen LogP contribution in [-0.2, 0) is 0 Å². The normalized spacial score (nSPS) is 13.9. The standard InChI is InChI=1S/C12H28N2/c1-10(2)5-6-12(13)9-14-8-7-11(3)4/h10-12,14H,5-9,13H2,1-4H3. The second-order valence-electron chi connectivity index (χ2n) is 5.12. The lowest BCUT2D eigenvalue weighted by Crippen LogP contribution is -2.34. The molecule has 0 radical (unpaired) electrons. The predicted molar refractivity (Wildman–Crippen MR) is 64.4 cm³/mol. The zero-order chi connectivity index (χ0) is 11.0. The summed E-state index contributed by atoms with van der Waals surface area (Å²) < 4.78 is 0. The fourth-order valence-corrected chi connectivity index (χ4v) is 1.33. The summed E-state index contributed by atoms with van der Waals surface area (Å²) in [6, 6.07) is 0.338. The summed E-state index contributed by atoms with van der Waals surface area (Å²) in [6.45, 7) is 11.1. The number of rotatable bonds is 8. The molecule has 1 unspecified atom stereocenters. The summed E-state index contributed by atoms with van der Waals surface area (Å²) >= 11 is 0. The predicted octanol–water partition coefficient (Wildman–Crippen LogP) is 2.39. The first kappa shape index (κ1) is 13.9. The molecule has 0 spiro atoms. The Morgan fingerprint density at radius 3 is 2.00 bits per heavy atom. The van der Waals surface area contributed by atoms with E-state index in [9.17, 15) is 0 Å². The molecule has 2 nitrogen and oxygen atoms in total. The largest absolute Gasteiger partial charge is 0.327 e. The highest BCUT2D eigenvalue weighted by molar-refractivity contribution is 4.65. The van der Waals surface area contributed by atoms with Crippen molar-refractivity contribution in [1.29, 1.82) is 0 Å². The van der Waals surface area contributed by atoms with Gasteiger partial charge in [0.2, 0.25) is 0 Å². The van der Waals surface area contributed by atoms with Crippen LogP contribution < -0.4 is 11.1 Å². The maximum Gasteiger partial charge on any atom is 0.0165 e. The molecule has 14 heavy (non-hydrogen) atoms. The molecule has 0 saturated carbocycles. The number of nitrogens with two attached hydrogens (primary N) is 1. The number of nitrogens with one attached hydrogen (secondary N) is 1. The van der Waals surface area contributed by atoms with E-state index in [2.05, 4.69) is 33.0 Å². The molecule has 0 aromatic rings. The SMILES string of the molecule is CC(C)CCNCC(N)CCC(C)C. The minimum Gasteiger partial charge on any atom is -0.327 e. The van der Waals surface area contributed by atoms with Gasteiger partial charge in [-0.2, -0.15) is 0 Å². The maximum atomic E-state index is 5.98. The van der Waals surface area contributed by atoms with Crippen LogP contribution in [0.25, 0.3) is 0 Å². The molecule has 0 rings (SSSR count). The molecule has 0 aromatic heterocycles. The van der Waals surface area contributed by atoms with E-state index < -0.39 is 0 Å². The van der Waals surface area contributed by atoms with Gasteiger partial charge in [0.1, 0.15) is 0 Å². The molecule has 0 aliphatic heterocycles. The lowest BCUT2D eigenvalue weighted by molar-refractivity contribution is 0.460. The average molecular weight is 200 g/mol. The van der Waals surface area contributed by atoms with E-state index in [-0.39, 0.29) is 0 Å². The molecule has 0 bridgehead atoms. The second-order valence-corrected chi connectivity index (χ2v) is 5.12. The highest BCUT2D eigenvalue weighted by Gasteiger charge is 2.03. The van der Waals surface area contributed by atoms with Crippen molar-refractivity contribution in [2.24, 2.45) is 17.6 Å². The van der Waals surface area contributed by atoms with Crippen LogP contribution in [0.15, 0.2) is 0 Å². The fourth-order valence-electron chi connectivity index (χ4n) is 1.33. The van der Waals surface area contributed by atoms with Gasteiger partial charge >= 0.3 is 0 Å². The Labute approximate surface area is 89.6 Å². The Morgan fingerprint density at radius 2 is 1.50 bits per heavy atom. The maximum absolute atomic E-state index is 5.98. The second kappa shape index (κ2) is 8.25. The molecule has 0 fully saturated rings. The Kier molecular flexibility index (Phi) is 8.20. The Hall–Kier alpha value is -0.0800. The van der Waals surface area contributed by atoms with E-state index in [1.165, 1.54) is 12.8 Å². The van der Waals surface area contributed by atoms with Crippen LogP contribution in [0, 0.1) is 11.8 Å². The molecule has 0 aromatic carbocycles. The van der Waals surface area contributed by atoms with Gasteiger partial charge in [0.25, 0.3) is 0 Å². The third-order valence-corrected chi connectivity index (χ3v) is 2.42. The van der Waals surface area contributed by atoms with E-state index >= 15 is 0 Å². The van der Waals surface area contributed by atoms with Crippen molar-refractivity contribution in [1.82, 2.24) is 5.32 Å². The van der Waals surface area contributed by atoms with Crippen molar-refractivity contribution in [2.75, 3.05) is 13.1 Å². The molecule has 1 atom stereocenters. The molecule has 3 N–H and O–H groups in total. The Morgan fingerprint density at radius 1 is 0.929 bits per heavy atom. The van der Waals surface area contributed by atoms with Crippen molar-refractivity contribution in [3.8, 4) is 0 Å². The van der Waals surface area contributed by atoms with Gasteiger partial charge in [-0.15, -0.1) is 0 Å². The van der Waals surface area contributed by atoms with E-state index in [0.717, 1.165) is 31.3 Å². The topological polar surface area (TPSA) is 38.0 Å². The first-order valence-electron chi connectivity index (χ1n) is 5.98. The van der Waals surface area contributed by atoms with Crippen LogP contribution in [0.5, 0.6) is 0 Å². The van der Waals surface area contributed by atoms with Gasteiger partial charge in [-0.05, 0) is 37.6 Å². The Bertz CT molecular complexity index is 121. The lowest BCUT2D eigenvalue weighted by Gasteiger charge is -2.14. The third-order valence-electron chi connectivity index (χ3n) is 2.42. The summed E-state index contributed by atoms with van der Waals surface area (Å²) in [5, 5.41) is 3.42. The fraction of sp³-hybridized carbons (Fsp3) is 1.00. The number of hydrogen-bond acceptors (Lipinski definition) is 2. The van der Waals surface area contributed by atoms with E-state index in [1.54, 1.807) is 0 Å². The minimum absolute atomic E-state index is 0.338.